The Morgan fingerprint density at radius 3 is 2.53 bits per heavy atom. The highest BCUT2D eigenvalue weighted by Crippen LogP contribution is 2.45. The van der Waals surface area contributed by atoms with Crippen molar-refractivity contribution < 1.29 is 23.8 Å². The molecule has 0 aliphatic carbocycles. The molecule has 278 valence electrons. The zero-order valence-corrected chi connectivity index (χ0v) is 31.5. The van der Waals surface area contributed by atoms with Gasteiger partial charge in [0.2, 0.25) is 11.8 Å². The Morgan fingerprint density at radius 1 is 0.943 bits per heavy atom. The minimum atomic E-state index is -0.527. The van der Waals surface area contributed by atoms with Crippen LogP contribution in [0.15, 0.2) is 48.7 Å². The first-order chi connectivity index (χ1) is 25.7. The molecule has 0 spiro atoms. The average molecular weight is 719 g/mol. The van der Waals surface area contributed by atoms with Gasteiger partial charge in [-0.3, -0.25) is 9.59 Å². The van der Waals surface area contributed by atoms with Gasteiger partial charge in [-0.2, -0.15) is 0 Å². The van der Waals surface area contributed by atoms with Crippen molar-refractivity contribution in [2.45, 2.75) is 77.5 Å². The number of likely N-dealkylation sites (tertiary alicyclic amines) is 2. The molecule has 2 aromatic heterocycles. The van der Waals surface area contributed by atoms with Gasteiger partial charge in [-0.15, -0.1) is 0 Å². The summed E-state index contributed by atoms with van der Waals surface area (Å²) in [6, 6.07) is 14.9. The molecule has 3 aliphatic heterocycles. The van der Waals surface area contributed by atoms with E-state index < -0.39 is 5.54 Å². The highest BCUT2D eigenvalue weighted by molar-refractivity contribution is 6.07. The molecular weight excluding hydrogens is 668 g/mol. The monoisotopic (exact) mass is 718 g/mol. The molecule has 0 bridgehead atoms. The van der Waals surface area contributed by atoms with Crippen LogP contribution in [-0.2, 0) is 31.2 Å². The Hall–Kier alpha value is -4.74. The Balaban J connectivity index is 1.08. The largest absolute Gasteiger partial charge is 0.488 e. The van der Waals surface area contributed by atoms with Crippen LogP contribution in [0.1, 0.15) is 82.6 Å². The molecule has 53 heavy (non-hydrogen) atoms. The number of nitrogens with zero attached hydrogens (tertiary/aromatic N) is 4. The average Bonchev–Trinajstić information content (AvgIpc) is 3.96. The van der Waals surface area contributed by atoms with Crippen molar-refractivity contribution in [3.05, 3.63) is 65.9 Å². The second-order valence-electron chi connectivity index (χ2n) is 15.4. The molecule has 11 heteroatoms. The Morgan fingerprint density at radius 2 is 1.74 bits per heavy atom. The van der Waals surface area contributed by atoms with Crippen LogP contribution in [-0.4, -0.2) is 82.1 Å². The fourth-order valence-electron chi connectivity index (χ4n) is 9.05. The predicted octanol–water partition coefficient (Wildman–Crippen LogP) is 7.51. The molecule has 0 radical (unpaired) electrons. The van der Waals surface area contributed by atoms with Crippen LogP contribution >= 0.6 is 0 Å². The van der Waals surface area contributed by atoms with Gasteiger partial charge >= 0.3 is 0 Å². The van der Waals surface area contributed by atoms with E-state index in [0.717, 1.165) is 92.8 Å². The minimum absolute atomic E-state index is 0.103. The number of benzene rings is 3. The molecule has 0 saturated carbocycles. The van der Waals surface area contributed by atoms with Gasteiger partial charge in [0.05, 0.1) is 47.7 Å². The van der Waals surface area contributed by atoms with Crippen molar-refractivity contribution in [2.75, 3.05) is 40.5 Å². The van der Waals surface area contributed by atoms with Crippen molar-refractivity contribution in [3.8, 4) is 28.1 Å². The molecule has 5 aromatic rings. The van der Waals surface area contributed by atoms with Crippen LogP contribution in [0.4, 0.5) is 0 Å². The Kier molecular flexibility index (Phi) is 9.49. The van der Waals surface area contributed by atoms with Crippen molar-refractivity contribution in [1.29, 1.82) is 0 Å². The van der Waals surface area contributed by atoms with Crippen molar-refractivity contribution in [2.24, 2.45) is 11.8 Å². The summed E-state index contributed by atoms with van der Waals surface area (Å²) in [4.78, 5) is 47.4. The second-order valence-corrected chi connectivity index (χ2v) is 15.4. The van der Waals surface area contributed by atoms with Crippen molar-refractivity contribution in [1.82, 2.24) is 29.7 Å². The van der Waals surface area contributed by atoms with Gasteiger partial charge in [0.25, 0.3) is 0 Å². The van der Waals surface area contributed by atoms with Gasteiger partial charge in [-0.25, -0.2) is 9.97 Å². The number of hydrogen-bond acceptors (Lipinski definition) is 7. The summed E-state index contributed by atoms with van der Waals surface area (Å²) in [5, 5.41) is 2.13. The molecule has 2 N–H and O–H groups in total. The van der Waals surface area contributed by atoms with Gasteiger partial charge in [-0.1, -0.05) is 32.0 Å². The lowest BCUT2D eigenvalue weighted by molar-refractivity contribution is -0.135. The SMILES string of the molecule is CCCC(=O)N1C[C@@H](COC)C[C@H]1c1nc2ccc3cc4c(cc3c2[nH]1)OCc1cc(-c2cnc(C3(C)C[C@H](COC)CN3C(=O)CCC)[nH]2)ccc1-4. The molecule has 3 aliphatic rings. The first-order valence-electron chi connectivity index (χ1n) is 19.1. The summed E-state index contributed by atoms with van der Waals surface area (Å²) in [6.45, 7) is 9.25. The van der Waals surface area contributed by atoms with Crippen LogP contribution < -0.4 is 4.74 Å². The Labute approximate surface area is 310 Å². The van der Waals surface area contributed by atoms with Gasteiger partial charge in [0.1, 0.15) is 24.0 Å². The predicted molar refractivity (Wildman–Crippen MR) is 204 cm³/mol. The molecule has 11 nitrogen and oxygen atoms in total. The van der Waals surface area contributed by atoms with E-state index in [4.69, 9.17) is 24.2 Å². The van der Waals surface area contributed by atoms with E-state index in [2.05, 4.69) is 59.4 Å². The number of fused-ring (bicyclic) bond motifs is 6. The van der Waals surface area contributed by atoms with Crippen LogP contribution in [0.25, 0.3) is 44.2 Å². The lowest BCUT2D eigenvalue weighted by Gasteiger charge is -2.33. The topological polar surface area (TPSA) is 126 Å². The number of imidazole rings is 2. The molecule has 2 saturated heterocycles. The fourth-order valence-corrected chi connectivity index (χ4v) is 9.05. The summed E-state index contributed by atoms with van der Waals surface area (Å²) in [5.41, 5.74) is 6.54. The summed E-state index contributed by atoms with van der Waals surface area (Å²) >= 11 is 0. The lowest BCUT2D eigenvalue weighted by Crippen LogP contribution is -2.43. The zero-order chi connectivity index (χ0) is 36.9. The van der Waals surface area contributed by atoms with E-state index in [0.29, 0.717) is 45.8 Å². The lowest BCUT2D eigenvalue weighted by atomic mass is 9.92. The van der Waals surface area contributed by atoms with Gasteiger partial charge in [-0.05, 0) is 78.9 Å². The van der Waals surface area contributed by atoms with Gasteiger partial charge in [0.15, 0.2) is 0 Å². The molecule has 1 unspecified atom stereocenters. The maximum absolute atomic E-state index is 13.2. The molecule has 2 amide bonds. The third-order valence-electron chi connectivity index (χ3n) is 11.5. The van der Waals surface area contributed by atoms with E-state index in [1.54, 1.807) is 14.2 Å². The third kappa shape index (κ3) is 6.27. The van der Waals surface area contributed by atoms with E-state index in [1.807, 2.05) is 29.8 Å². The van der Waals surface area contributed by atoms with Crippen LogP contribution in [0.3, 0.4) is 0 Å². The first-order valence-corrected chi connectivity index (χ1v) is 19.1. The quantitative estimate of drug-likeness (QED) is 0.145. The summed E-state index contributed by atoms with van der Waals surface area (Å²) in [7, 11) is 3.44. The molecule has 2 fully saturated rings. The molecular formula is C42H50N6O5. The number of carbonyl (C=O) groups excluding carboxylic acids is 2. The maximum Gasteiger partial charge on any atom is 0.223 e. The highest BCUT2D eigenvalue weighted by Gasteiger charge is 2.47. The number of hydrogen-bond donors (Lipinski definition) is 2. The number of rotatable bonds is 11. The van der Waals surface area contributed by atoms with E-state index in [-0.39, 0.29) is 29.7 Å². The first kappa shape index (κ1) is 35.3. The number of amides is 2. The number of carbonyl (C=O) groups is 2. The second kappa shape index (κ2) is 14.2. The van der Waals surface area contributed by atoms with E-state index in [1.165, 1.54) is 0 Å². The standard InChI is InChI=1S/C42H50N6O5/c1-6-8-37(49)47-20-25(22-51-4)14-35(47)40-44-33-13-11-27-16-32-30-12-10-28(15-29(30)24-53-36(32)17-31(27)39(33)46-40)34-19-43-41(45-34)42(3)18-26(23-52-5)21-48(42)38(50)9-7-2/h10-13,15-17,19,25-26,35H,6-9,14,18,20-24H2,1-5H3,(H,43,45)(H,44,46)/t25-,26-,35-,42?/m0/s1. The molecule has 8 rings (SSSR count). The number of aromatic amines is 2. The summed E-state index contributed by atoms with van der Waals surface area (Å²) < 4.78 is 17.4. The number of nitrogens with one attached hydrogen (secondary N) is 2. The fraction of sp³-hybridized carbons (Fsp3) is 0.476. The number of H-pyrrole nitrogens is 2. The number of methoxy groups -OCH3 is 2. The molecule has 4 atom stereocenters. The Bertz CT molecular complexity index is 2170. The van der Waals surface area contributed by atoms with E-state index in [9.17, 15) is 9.59 Å². The van der Waals surface area contributed by atoms with Gasteiger partial charge < -0.3 is 34.0 Å². The van der Waals surface area contributed by atoms with Crippen molar-refractivity contribution in [3.63, 3.8) is 0 Å². The van der Waals surface area contributed by atoms with Crippen LogP contribution in [0.5, 0.6) is 5.75 Å². The highest BCUT2D eigenvalue weighted by atomic mass is 16.5. The number of aromatic nitrogens is 4. The van der Waals surface area contributed by atoms with E-state index >= 15 is 0 Å². The maximum atomic E-state index is 13.2. The summed E-state index contributed by atoms with van der Waals surface area (Å²) in [6.07, 6.45) is 6.18. The minimum Gasteiger partial charge on any atom is -0.488 e. The van der Waals surface area contributed by atoms with Crippen LogP contribution in [0, 0.1) is 11.8 Å². The molecule has 3 aromatic carbocycles. The summed E-state index contributed by atoms with van der Waals surface area (Å²) in [5.74, 6) is 3.33. The van der Waals surface area contributed by atoms with Crippen molar-refractivity contribution >= 4 is 33.6 Å². The normalized spacial score (nSPS) is 22.4. The van der Waals surface area contributed by atoms with Gasteiger partial charge in [0, 0.05) is 62.9 Å². The smallest absolute Gasteiger partial charge is 0.223 e. The molecule has 5 heterocycles. The number of ether oxygens (including phenoxy) is 3. The van der Waals surface area contributed by atoms with Crippen LogP contribution in [0.2, 0.25) is 0 Å². The third-order valence-corrected chi connectivity index (χ3v) is 11.5. The zero-order valence-electron chi connectivity index (χ0n) is 31.5.